The summed E-state index contributed by atoms with van der Waals surface area (Å²) in [5.74, 6) is -0.325. The molecule has 18 heavy (non-hydrogen) atoms. The molecule has 0 aliphatic heterocycles. The maximum absolute atomic E-state index is 11.7. The van der Waals surface area contributed by atoms with Crippen molar-refractivity contribution in [1.29, 1.82) is 0 Å². The van der Waals surface area contributed by atoms with Crippen molar-refractivity contribution >= 4 is 28.6 Å². The molecule has 2 aromatic rings. The van der Waals surface area contributed by atoms with Gasteiger partial charge in [-0.15, -0.1) is 0 Å². The fourth-order valence-corrected chi connectivity index (χ4v) is 2.01. The van der Waals surface area contributed by atoms with E-state index in [0.29, 0.717) is 21.4 Å². The second-order valence-corrected chi connectivity index (χ2v) is 4.45. The molecular weight excluding hydrogens is 250 g/mol. The molecule has 92 valence electrons. The van der Waals surface area contributed by atoms with Crippen molar-refractivity contribution in [3.63, 3.8) is 0 Å². The first-order chi connectivity index (χ1) is 8.66. The zero-order chi connectivity index (χ0) is 13.0. The fraction of sp³-hybridized carbons (Fsp3) is 0.0909. The third kappa shape index (κ3) is 2.89. The van der Waals surface area contributed by atoms with Crippen molar-refractivity contribution in [1.82, 2.24) is 15.4 Å². The van der Waals surface area contributed by atoms with Crippen LogP contribution < -0.4 is 11.2 Å². The van der Waals surface area contributed by atoms with Gasteiger partial charge >= 0.3 is 0 Å². The van der Waals surface area contributed by atoms with E-state index in [1.54, 1.807) is 25.3 Å². The largest absolute Gasteiger partial charge is 0.375 e. The number of anilines is 1. The summed E-state index contributed by atoms with van der Waals surface area (Å²) in [6, 6.07) is 5.43. The van der Waals surface area contributed by atoms with E-state index in [4.69, 9.17) is 5.73 Å². The van der Waals surface area contributed by atoms with Crippen LogP contribution in [-0.4, -0.2) is 22.1 Å². The molecule has 3 N–H and O–H groups in total. The molecule has 7 heteroatoms. The molecule has 0 aliphatic rings. The average Bonchev–Trinajstić information content (AvgIpc) is 2.70. The number of pyridine rings is 1. The number of thiazole rings is 1. The molecule has 0 saturated carbocycles. The highest BCUT2D eigenvalue weighted by molar-refractivity contribution is 7.17. The number of nitrogens with two attached hydrogens (primary N) is 1. The molecule has 0 bridgehead atoms. The van der Waals surface area contributed by atoms with Crippen LogP contribution in [0.15, 0.2) is 29.5 Å². The number of rotatable bonds is 3. The number of hydrogen-bond donors (Lipinski definition) is 2. The van der Waals surface area contributed by atoms with E-state index in [9.17, 15) is 4.79 Å². The molecule has 0 spiro atoms. The smallest absolute Gasteiger partial charge is 0.283 e. The topological polar surface area (TPSA) is 93.3 Å². The summed E-state index contributed by atoms with van der Waals surface area (Å²) in [7, 11) is 0. The maximum Gasteiger partial charge on any atom is 0.283 e. The fourth-order valence-electron chi connectivity index (χ4n) is 1.29. The molecule has 0 radical (unpaired) electrons. The quantitative estimate of drug-likeness (QED) is 0.641. The van der Waals surface area contributed by atoms with Crippen LogP contribution in [0.2, 0.25) is 0 Å². The van der Waals surface area contributed by atoms with Crippen molar-refractivity contribution < 1.29 is 4.79 Å². The summed E-state index contributed by atoms with van der Waals surface area (Å²) >= 11 is 1.13. The van der Waals surface area contributed by atoms with E-state index in [-0.39, 0.29) is 5.91 Å². The summed E-state index contributed by atoms with van der Waals surface area (Å²) in [5.41, 5.74) is 9.19. The van der Waals surface area contributed by atoms with Gasteiger partial charge in [-0.3, -0.25) is 9.78 Å². The van der Waals surface area contributed by atoms with E-state index in [1.165, 1.54) is 6.21 Å². The lowest BCUT2D eigenvalue weighted by atomic mass is 10.4. The van der Waals surface area contributed by atoms with Crippen LogP contribution in [0.3, 0.4) is 0 Å². The number of aromatic nitrogens is 2. The van der Waals surface area contributed by atoms with Gasteiger partial charge in [-0.25, -0.2) is 10.4 Å². The van der Waals surface area contributed by atoms with Gasteiger partial charge in [-0.05, 0) is 19.1 Å². The highest BCUT2D eigenvalue weighted by Gasteiger charge is 2.12. The normalized spacial score (nSPS) is 10.7. The number of carbonyl (C=O) groups excluding carboxylic acids is 1. The predicted molar refractivity (Wildman–Crippen MR) is 70.6 cm³/mol. The van der Waals surface area contributed by atoms with E-state index >= 15 is 0 Å². The Morgan fingerprint density at radius 3 is 3.00 bits per heavy atom. The first kappa shape index (κ1) is 12.2. The Kier molecular flexibility index (Phi) is 3.63. The van der Waals surface area contributed by atoms with Gasteiger partial charge < -0.3 is 5.73 Å². The Balaban J connectivity index is 2.01. The zero-order valence-electron chi connectivity index (χ0n) is 9.62. The van der Waals surface area contributed by atoms with Crippen LogP contribution in [0.4, 0.5) is 5.13 Å². The molecule has 6 nitrogen and oxygen atoms in total. The third-order valence-electron chi connectivity index (χ3n) is 2.07. The van der Waals surface area contributed by atoms with Gasteiger partial charge in [0.05, 0.1) is 17.6 Å². The molecule has 2 aromatic heterocycles. The molecule has 0 aliphatic carbocycles. The van der Waals surface area contributed by atoms with Gasteiger partial charge in [0, 0.05) is 6.20 Å². The minimum Gasteiger partial charge on any atom is -0.375 e. The highest BCUT2D eigenvalue weighted by atomic mass is 32.1. The highest BCUT2D eigenvalue weighted by Crippen LogP contribution is 2.19. The number of nitrogen functional groups attached to an aromatic ring is 1. The number of nitrogens with one attached hydrogen (secondary N) is 1. The second-order valence-electron chi connectivity index (χ2n) is 3.42. The average molecular weight is 261 g/mol. The third-order valence-corrected chi connectivity index (χ3v) is 3.06. The van der Waals surface area contributed by atoms with E-state index in [0.717, 1.165) is 11.3 Å². The number of hydrazone groups is 1. The molecule has 2 rings (SSSR count). The number of aryl methyl sites for hydroxylation is 1. The summed E-state index contributed by atoms with van der Waals surface area (Å²) in [6.07, 6.45) is 3.12. The minimum atomic E-state index is -0.325. The Labute approximate surface area is 108 Å². The van der Waals surface area contributed by atoms with Gasteiger partial charge in [-0.2, -0.15) is 5.10 Å². The Hall–Kier alpha value is -2.28. The summed E-state index contributed by atoms with van der Waals surface area (Å²) in [6.45, 7) is 1.73. The summed E-state index contributed by atoms with van der Waals surface area (Å²) in [5, 5.41) is 4.19. The SMILES string of the molecule is Cc1nc(N)sc1C(=O)N/N=C\c1ccccn1. The van der Waals surface area contributed by atoms with Crippen LogP contribution in [-0.2, 0) is 0 Å². The molecule has 0 aromatic carbocycles. The lowest BCUT2D eigenvalue weighted by Gasteiger charge is -1.96. The van der Waals surface area contributed by atoms with Gasteiger partial charge in [-0.1, -0.05) is 17.4 Å². The van der Waals surface area contributed by atoms with Crippen LogP contribution in [0.25, 0.3) is 0 Å². The predicted octanol–water partition coefficient (Wildman–Crippen LogP) is 1.19. The first-order valence-electron chi connectivity index (χ1n) is 5.14. The summed E-state index contributed by atoms with van der Waals surface area (Å²) in [4.78, 5) is 20.2. The van der Waals surface area contributed by atoms with Crippen molar-refractivity contribution in [3.05, 3.63) is 40.7 Å². The van der Waals surface area contributed by atoms with Crippen LogP contribution >= 0.6 is 11.3 Å². The molecule has 0 atom stereocenters. The van der Waals surface area contributed by atoms with E-state index in [2.05, 4.69) is 20.5 Å². The van der Waals surface area contributed by atoms with Gasteiger partial charge in [0.15, 0.2) is 5.13 Å². The molecule has 0 saturated heterocycles. The van der Waals surface area contributed by atoms with Gasteiger partial charge in [0.25, 0.3) is 5.91 Å². The molecular formula is C11H11N5OS. The number of carbonyl (C=O) groups is 1. The Morgan fingerprint density at radius 2 is 2.39 bits per heavy atom. The van der Waals surface area contributed by atoms with Crippen LogP contribution in [0, 0.1) is 6.92 Å². The minimum absolute atomic E-state index is 0.325. The van der Waals surface area contributed by atoms with Crippen LogP contribution in [0.1, 0.15) is 21.1 Å². The monoisotopic (exact) mass is 261 g/mol. The molecule has 1 amide bonds. The number of hydrogen-bond acceptors (Lipinski definition) is 6. The number of nitrogens with zero attached hydrogens (tertiary/aromatic N) is 3. The molecule has 0 fully saturated rings. The molecule has 2 heterocycles. The van der Waals surface area contributed by atoms with Crippen molar-refractivity contribution in [2.24, 2.45) is 5.10 Å². The first-order valence-corrected chi connectivity index (χ1v) is 5.96. The van der Waals surface area contributed by atoms with Gasteiger partial charge in [0.1, 0.15) is 4.88 Å². The van der Waals surface area contributed by atoms with Gasteiger partial charge in [0.2, 0.25) is 0 Å². The maximum atomic E-state index is 11.7. The summed E-state index contributed by atoms with van der Waals surface area (Å²) < 4.78 is 0. The van der Waals surface area contributed by atoms with Crippen molar-refractivity contribution in [2.75, 3.05) is 5.73 Å². The second kappa shape index (κ2) is 5.37. The lowest BCUT2D eigenvalue weighted by molar-refractivity contribution is 0.0958. The van der Waals surface area contributed by atoms with Crippen LogP contribution in [0.5, 0.6) is 0 Å². The zero-order valence-corrected chi connectivity index (χ0v) is 10.4. The molecule has 0 unspecified atom stereocenters. The van der Waals surface area contributed by atoms with E-state index in [1.807, 2.05) is 6.07 Å². The Bertz CT molecular complexity index is 578. The number of amides is 1. The standard InChI is InChI=1S/C11H11N5OS/c1-7-9(18-11(12)15-7)10(17)16-14-6-8-4-2-3-5-13-8/h2-6H,1H3,(H2,12,15)(H,16,17)/b14-6-. The van der Waals surface area contributed by atoms with Crippen molar-refractivity contribution in [2.45, 2.75) is 6.92 Å². The van der Waals surface area contributed by atoms with Crippen molar-refractivity contribution in [3.8, 4) is 0 Å². The Morgan fingerprint density at radius 1 is 1.56 bits per heavy atom. The lowest BCUT2D eigenvalue weighted by Crippen LogP contribution is -2.17. The van der Waals surface area contributed by atoms with E-state index < -0.39 is 0 Å².